The molecule has 0 radical (unpaired) electrons. The maximum Gasteiger partial charge on any atom is 0.115 e. The highest BCUT2D eigenvalue weighted by Crippen LogP contribution is 2.35. The minimum atomic E-state index is -0.548. The Kier molecular flexibility index (Phi) is 7.15. The summed E-state index contributed by atoms with van der Waals surface area (Å²) in [5, 5.41) is 21.8. The summed E-state index contributed by atoms with van der Waals surface area (Å²) < 4.78 is 19.8. The fraction of sp³-hybridized carbons (Fsp3) is 0.286. The summed E-state index contributed by atoms with van der Waals surface area (Å²) in [6, 6.07) is 25.2. The Morgan fingerprint density at radius 1 is 0.848 bits per heavy atom. The lowest BCUT2D eigenvalue weighted by Crippen LogP contribution is -2.43. The monoisotopic (exact) mass is 439 g/mol. The Morgan fingerprint density at radius 3 is 2.27 bits per heavy atom. The van der Waals surface area contributed by atoms with Crippen molar-refractivity contribution in [2.45, 2.75) is 31.5 Å². The smallest absolute Gasteiger partial charge is 0.115 e. The number of nitriles is 2. The Labute approximate surface area is 194 Å². The summed E-state index contributed by atoms with van der Waals surface area (Å²) in [4.78, 5) is 0. The van der Waals surface area contributed by atoms with Crippen LogP contribution in [0.5, 0.6) is 0 Å². The molecule has 1 aliphatic heterocycles. The molecule has 0 bridgehead atoms. The van der Waals surface area contributed by atoms with Gasteiger partial charge in [-0.1, -0.05) is 30.3 Å². The molecule has 0 aromatic heterocycles. The van der Waals surface area contributed by atoms with E-state index in [0.29, 0.717) is 29.9 Å². The molecule has 1 heterocycles. The van der Waals surface area contributed by atoms with Crippen molar-refractivity contribution in [3.8, 4) is 23.3 Å². The van der Waals surface area contributed by atoms with Crippen LogP contribution in [0.3, 0.4) is 0 Å². The Bertz CT molecular complexity index is 1180. The SMILES string of the molecule is N#Cc1ccc(-c2cc(CF)cc(COCC3(c4cccc(C#N)c4)CCNCC3)c2)cc1. The van der Waals surface area contributed by atoms with E-state index in [4.69, 9.17) is 10.00 Å². The lowest BCUT2D eigenvalue weighted by atomic mass is 9.73. The van der Waals surface area contributed by atoms with Crippen LogP contribution in [0.2, 0.25) is 0 Å². The first-order valence-corrected chi connectivity index (χ1v) is 11.1. The molecule has 33 heavy (non-hydrogen) atoms. The van der Waals surface area contributed by atoms with Gasteiger partial charge in [0.05, 0.1) is 36.5 Å². The summed E-state index contributed by atoms with van der Waals surface area (Å²) in [5.74, 6) is 0. The van der Waals surface area contributed by atoms with Gasteiger partial charge < -0.3 is 10.1 Å². The number of nitrogens with one attached hydrogen (secondary N) is 1. The third-order valence-electron chi connectivity index (χ3n) is 6.37. The molecule has 166 valence electrons. The van der Waals surface area contributed by atoms with Crippen LogP contribution in [0, 0.1) is 22.7 Å². The molecule has 1 fully saturated rings. The predicted molar refractivity (Wildman–Crippen MR) is 126 cm³/mol. The topological polar surface area (TPSA) is 68.8 Å². The molecule has 5 heteroatoms. The van der Waals surface area contributed by atoms with Crippen molar-refractivity contribution in [3.63, 3.8) is 0 Å². The summed E-state index contributed by atoms with van der Waals surface area (Å²) in [6.07, 6.45) is 1.87. The number of halogens is 1. The highest BCUT2D eigenvalue weighted by atomic mass is 19.1. The second-order valence-corrected chi connectivity index (χ2v) is 8.58. The van der Waals surface area contributed by atoms with E-state index in [1.807, 2.05) is 48.5 Å². The molecule has 0 spiro atoms. The van der Waals surface area contributed by atoms with E-state index in [-0.39, 0.29) is 5.41 Å². The summed E-state index contributed by atoms with van der Waals surface area (Å²) in [5.41, 5.74) is 5.61. The fourth-order valence-corrected chi connectivity index (χ4v) is 4.53. The zero-order valence-corrected chi connectivity index (χ0v) is 18.5. The average Bonchev–Trinajstić information content (AvgIpc) is 2.89. The van der Waals surface area contributed by atoms with Crippen molar-refractivity contribution in [1.29, 1.82) is 10.5 Å². The molecule has 1 aliphatic rings. The van der Waals surface area contributed by atoms with Crippen molar-refractivity contribution < 1.29 is 9.13 Å². The van der Waals surface area contributed by atoms with E-state index >= 15 is 0 Å². The van der Waals surface area contributed by atoms with Gasteiger partial charge in [0.1, 0.15) is 6.67 Å². The third kappa shape index (κ3) is 5.29. The number of benzene rings is 3. The number of alkyl halides is 1. The minimum absolute atomic E-state index is 0.147. The van der Waals surface area contributed by atoms with E-state index in [1.54, 1.807) is 12.1 Å². The predicted octanol–water partition coefficient (Wildman–Crippen LogP) is 5.40. The molecule has 0 atom stereocenters. The number of piperidine rings is 1. The first-order valence-electron chi connectivity index (χ1n) is 11.1. The molecule has 0 unspecified atom stereocenters. The maximum atomic E-state index is 13.6. The molecule has 4 rings (SSSR count). The number of ether oxygens (including phenoxy) is 1. The molecule has 0 amide bonds. The third-order valence-corrected chi connectivity index (χ3v) is 6.37. The van der Waals surface area contributed by atoms with Gasteiger partial charge in [-0.15, -0.1) is 0 Å². The van der Waals surface area contributed by atoms with E-state index in [9.17, 15) is 9.65 Å². The Balaban J connectivity index is 1.53. The molecule has 1 saturated heterocycles. The van der Waals surface area contributed by atoms with Gasteiger partial charge in [0.2, 0.25) is 0 Å². The fourth-order valence-electron chi connectivity index (χ4n) is 4.53. The molecule has 3 aromatic carbocycles. The van der Waals surface area contributed by atoms with Crippen LogP contribution in [0.15, 0.2) is 66.7 Å². The second kappa shape index (κ2) is 10.4. The quantitative estimate of drug-likeness (QED) is 0.535. The highest BCUT2D eigenvalue weighted by molar-refractivity contribution is 5.66. The Morgan fingerprint density at radius 2 is 1.58 bits per heavy atom. The zero-order valence-electron chi connectivity index (χ0n) is 18.5. The van der Waals surface area contributed by atoms with Gasteiger partial charge in [-0.25, -0.2) is 4.39 Å². The van der Waals surface area contributed by atoms with Gasteiger partial charge in [0, 0.05) is 5.41 Å². The molecule has 0 saturated carbocycles. The Hall–Kier alpha value is -3.51. The van der Waals surface area contributed by atoms with Crippen molar-refractivity contribution >= 4 is 0 Å². The number of nitrogens with zero attached hydrogens (tertiary/aromatic N) is 2. The molecule has 3 aromatic rings. The second-order valence-electron chi connectivity index (χ2n) is 8.58. The van der Waals surface area contributed by atoms with E-state index in [0.717, 1.165) is 48.2 Å². The van der Waals surface area contributed by atoms with Crippen LogP contribution in [-0.2, 0) is 23.4 Å². The van der Waals surface area contributed by atoms with Gasteiger partial charge in [-0.05, 0) is 90.1 Å². The maximum absolute atomic E-state index is 13.6. The molecule has 1 N–H and O–H groups in total. The van der Waals surface area contributed by atoms with Crippen molar-refractivity contribution in [2.75, 3.05) is 19.7 Å². The summed E-state index contributed by atoms with van der Waals surface area (Å²) in [6.45, 7) is 2.17. The van der Waals surface area contributed by atoms with Crippen LogP contribution >= 0.6 is 0 Å². The first kappa shape index (κ1) is 22.7. The number of rotatable bonds is 7. The van der Waals surface area contributed by atoms with Crippen molar-refractivity contribution in [1.82, 2.24) is 5.32 Å². The molecule has 4 nitrogen and oxygen atoms in total. The minimum Gasteiger partial charge on any atom is -0.376 e. The molecular weight excluding hydrogens is 413 g/mol. The van der Waals surface area contributed by atoms with E-state index in [2.05, 4.69) is 23.5 Å². The van der Waals surface area contributed by atoms with Gasteiger partial charge in [-0.2, -0.15) is 10.5 Å². The lowest BCUT2D eigenvalue weighted by Gasteiger charge is -2.38. The zero-order chi connectivity index (χ0) is 23.1. The van der Waals surface area contributed by atoms with Crippen LogP contribution in [-0.4, -0.2) is 19.7 Å². The van der Waals surface area contributed by atoms with Crippen molar-refractivity contribution in [2.24, 2.45) is 0 Å². The summed E-state index contributed by atoms with van der Waals surface area (Å²) >= 11 is 0. The van der Waals surface area contributed by atoms with Gasteiger partial charge in [-0.3, -0.25) is 0 Å². The van der Waals surface area contributed by atoms with Crippen LogP contribution in [0.4, 0.5) is 4.39 Å². The standard InChI is InChI=1S/C28H26FN3O/c29-16-23-12-24(14-26(13-23)25-6-4-21(17-30)5-7-25)19-33-20-28(8-10-32-11-9-28)27-3-1-2-22(15-27)18-31/h1-7,12-15,32H,8-11,16,19-20H2. The summed E-state index contributed by atoms with van der Waals surface area (Å²) in [7, 11) is 0. The average molecular weight is 440 g/mol. The highest BCUT2D eigenvalue weighted by Gasteiger charge is 2.34. The van der Waals surface area contributed by atoms with E-state index in [1.165, 1.54) is 0 Å². The van der Waals surface area contributed by atoms with Crippen LogP contribution in [0.1, 0.15) is 40.7 Å². The van der Waals surface area contributed by atoms with Gasteiger partial charge in [0.15, 0.2) is 0 Å². The lowest BCUT2D eigenvalue weighted by molar-refractivity contribution is 0.0565. The van der Waals surface area contributed by atoms with Crippen molar-refractivity contribution in [3.05, 3.63) is 94.5 Å². The first-order chi connectivity index (χ1) is 16.2. The molecular formula is C28H26FN3O. The van der Waals surface area contributed by atoms with E-state index < -0.39 is 6.67 Å². The largest absolute Gasteiger partial charge is 0.376 e. The van der Waals surface area contributed by atoms with Gasteiger partial charge >= 0.3 is 0 Å². The number of hydrogen-bond acceptors (Lipinski definition) is 4. The van der Waals surface area contributed by atoms with Gasteiger partial charge in [0.25, 0.3) is 0 Å². The van der Waals surface area contributed by atoms with Crippen LogP contribution in [0.25, 0.3) is 11.1 Å². The number of hydrogen-bond donors (Lipinski definition) is 1. The normalized spacial score (nSPS) is 14.9. The van der Waals surface area contributed by atoms with Crippen LogP contribution < -0.4 is 5.32 Å². The molecule has 0 aliphatic carbocycles.